The van der Waals surface area contributed by atoms with Crippen LogP contribution in [0, 0.1) is 6.92 Å². The summed E-state index contributed by atoms with van der Waals surface area (Å²) in [5.74, 6) is 1.86. The van der Waals surface area contributed by atoms with Crippen LogP contribution in [-0.4, -0.2) is 63.0 Å². The molecule has 0 saturated carbocycles. The van der Waals surface area contributed by atoms with Gasteiger partial charge in [-0.3, -0.25) is 4.79 Å². The molecule has 0 aliphatic carbocycles. The Morgan fingerprint density at radius 3 is 2.42 bits per heavy atom. The Kier molecular flexibility index (Phi) is 4.56. The number of carbonyl (C=O) groups is 1. The zero-order chi connectivity index (χ0) is 17.4. The minimum atomic E-state index is -0.466. The fraction of sp³-hybridized carbons (Fsp3) is 0.588. The summed E-state index contributed by atoms with van der Waals surface area (Å²) in [6.45, 7) is 2.72. The van der Waals surface area contributed by atoms with Crippen LogP contribution < -0.4 is 19.5 Å². The highest BCUT2D eigenvalue weighted by Gasteiger charge is 2.43. The van der Waals surface area contributed by atoms with Crippen LogP contribution in [0.1, 0.15) is 22.7 Å². The first-order chi connectivity index (χ1) is 11.6. The van der Waals surface area contributed by atoms with Crippen LogP contribution in [0.25, 0.3) is 0 Å². The van der Waals surface area contributed by atoms with Gasteiger partial charge in [0.1, 0.15) is 5.75 Å². The SMILES string of the molecule is COc1c(C)c(OC)c(OC)c2c1C[C@H]1CNCC(=O)N1[C@H]2CO. The number of carbonyl (C=O) groups excluding carboxylic acids is 1. The lowest BCUT2D eigenvalue weighted by Gasteiger charge is -2.46. The molecule has 132 valence electrons. The lowest BCUT2D eigenvalue weighted by atomic mass is 9.84. The van der Waals surface area contributed by atoms with E-state index in [1.807, 2.05) is 6.92 Å². The summed E-state index contributed by atoms with van der Waals surface area (Å²) < 4.78 is 16.8. The highest BCUT2D eigenvalue weighted by Crippen LogP contribution is 2.50. The van der Waals surface area contributed by atoms with Crippen molar-refractivity contribution >= 4 is 5.91 Å². The molecule has 1 saturated heterocycles. The summed E-state index contributed by atoms with van der Waals surface area (Å²) in [5.41, 5.74) is 2.62. The second-order valence-corrected chi connectivity index (χ2v) is 6.11. The number of benzene rings is 1. The van der Waals surface area contributed by atoms with Crippen molar-refractivity contribution in [1.82, 2.24) is 10.2 Å². The molecular formula is C17H24N2O5. The van der Waals surface area contributed by atoms with Crippen molar-refractivity contribution in [3.63, 3.8) is 0 Å². The smallest absolute Gasteiger partial charge is 0.237 e. The number of fused-ring (bicyclic) bond motifs is 2. The molecule has 0 spiro atoms. The second-order valence-electron chi connectivity index (χ2n) is 6.11. The van der Waals surface area contributed by atoms with E-state index in [1.54, 1.807) is 26.2 Å². The summed E-state index contributed by atoms with van der Waals surface area (Å²) in [7, 11) is 4.77. The monoisotopic (exact) mass is 336 g/mol. The molecule has 0 radical (unpaired) electrons. The molecule has 2 heterocycles. The van der Waals surface area contributed by atoms with Gasteiger partial charge in [-0.25, -0.2) is 0 Å². The van der Waals surface area contributed by atoms with Gasteiger partial charge in [-0.1, -0.05) is 0 Å². The number of nitrogens with one attached hydrogen (secondary N) is 1. The van der Waals surface area contributed by atoms with E-state index in [2.05, 4.69) is 5.32 Å². The number of ether oxygens (including phenoxy) is 3. The average Bonchev–Trinajstić information content (AvgIpc) is 2.59. The minimum absolute atomic E-state index is 0.0118. The molecule has 1 amide bonds. The number of aliphatic hydroxyl groups is 1. The van der Waals surface area contributed by atoms with E-state index in [9.17, 15) is 9.90 Å². The Balaban J connectivity index is 2.28. The van der Waals surface area contributed by atoms with Crippen molar-refractivity contribution in [2.24, 2.45) is 0 Å². The summed E-state index contributed by atoms with van der Waals surface area (Å²) in [4.78, 5) is 14.2. The van der Waals surface area contributed by atoms with Crippen molar-refractivity contribution in [1.29, 1.82) is 0 Å². The van der Waals surface area contributed by atoms with Gasteiger partial charge in [-0.15, -0.1) is 0 Å². The molecule has 2 N–H and O–H groups in total. The van der Waals surface area contributed by atoms with Crippen LogP contribution in [0.5, 0.6) is 17.2 Å². The fourth-order valence-electron chi connectivity index (χ4n) is 4.05. The van der Waals surface area contributed by atoms with Gasteiger partial charge >= 0.3 is 0 Å². The van der Waals surface area contributed by atoms with Gasteiger partial charge in [0.2, 0.25) is 5.91 Å². The Labute approximate surface area is 141 Å². The van der Waals surface area contributed by atoms with Gasteiger partial charge < -0.3 is 29.5 Å². The van der Waals surface area contributed by atoms with Crippen LogP contribution in [-0.2, 0) is 11.2 Å². The fourth-order valence-corrected chi connectivity index (χ4v) is 4.05. The maximum absolute atomic E-state index is 12.4. The molecule has 1 fully saturated rings. The van der Waals surface area contributed by atoms with E-state index < -0.39 is 6.04 Å². The Morgan fingerprint density at radius 2 is 1.83 bits per heavy atom. The molecule has 0 bridgehead atoms. The van der Waals surface area contributed by atoms with Crippen LogP contribution in [0.3, 0.4) is 0 Å². The van der Waals surface area contributed by atoms with Gasteiger partial charge in [0.25, 0.3) is 0 Å². The third-order valence-corrected chi connectivity index (χ3v) is 4.96. The van der Waals surface area contributed by atoms with E-state index in [0.29, 0.717) is 24.5 Å². The number of rotatable bonds is 4. The third-order valence-electron chi connectivity index (χ3n) is 4.96. The van der Waals surface area contributed by atoms with Crippen molar-refractivity contribution in [3.05, 3.63) is 16.7 Å². The number of piperazine rings is 1. The van der Waals surface area contributed by atoms with Crippen LogP contribution in [0.2, 0.25) is 0 Å². The number of aliphatic hydroxyl groups excluding tert-OH is 1. The highest BCUT2D eigenvalue weighted by atomic mass is 16.5. The second kappa shape index (κ2) is 6.49. The van der Waals surface area contributed by atoms with E-state index in [0.717, 1.165) is 22.4 Å². The maximum Gasteiger partial charge on any atom is 0.237 e. The lowest BCUT2D eigenvalue weighted by Crippen LogP contribution is -2.59. The molecule has 7 nitrogen and oxygen atoms in total. The molecule has 2 aliphatic rings. The lowest BCUT2D eigenvalue weighted by molar-refractivity contribution is -0.140. The first-order valence-electron chi connectivity index (χ1n) is 8.03. The van der Waals surface area contributed by atoms with Crippen LogP contribution >= 0.6 is 0 Å². The normalized spacial score (nSPS) is 22.7. The van der Waals surface area contributed by atoms with Crippen LogP contribution in [0.15, 0.2) is 0 Å². The number of amides is 1. The van der Waals surface area contributed by atoms with Crippen molar-refractivity contribution < 1.29 is 24.1 Å². The first kappa shape index (κ1) is 16.9. The molecule has 3 rings (SSSR count). The Morgan fingerprint density at radius 1 is 1.17 bits per heavy atom. The Hall–Kier alpha value is -1.99. The van der Waals surface area contributed by atoms with E-state index in [1.165, 1.54) is 0 Å². The van der Waals surface area contributed by atoms with Gasteiger partial charge in [-0.2, -0.15) is 0 Å². The first-order valence-corrected chi connectivity index (χ1v) is 8.03. The molecule has 1 aromatic rings. The molecule has 7 heteroatoms. The quantitative estimate of drug-likeness (QED) is 0.829. The van der Waals surface area contributed by atoms with Crippen molar-refractivity contribution in [2.45, 2.75) is 25.4 Å². The average molecular weight is 336 g/mol. The summed E-state index contributed by atoms with van der Waals surface area (Å²) in [6, 6.07) is -0.478. The largest absolute Gasteiger partial charge is 0.496 e. The molecular weight excluding hydrogens is 312 g/mol. The number of nitrogens with zero attached hydrogens (tertiary/aromatic N) is 1. The van der Waals surface area contributed by atoms with Gasteiger partial charge in [-0.05, 0) is 13.3 Å². The predicted molar refractivity (Wildman–Crippen MR) is 87.9 cm³/mol. The van der Waals surface area contributed by atoms with E-state index in [4.69, 9.17) is 14.2 Å². The molecule has 24 heavy (non-hydrogen) atoms. The minimum Gasteiger partial charge on any atom is -0.496 e. The number of hydrogen-bond donors (Lipinski definition) is 2. The number of methoxy groups -OCH3 is 3. The molecule has 2 aliphatic heterocycles. The van der Waals surface area contributed by atoms with E-state index in [-0.39, 0.29) is 25.1 Å². The van der Waals surface area contributed by atoms with Gasteiger partial charge in [0.15, 0.2) is 11.5 Å². The van der Waals surface area contributed by atoms with Crippen molar-refractivity contribution in [2.75, 3.05) is 41.0 Å². The standard InChI is InChI=1S/C17H24N2O5/c1-9-15(22-2)11-5-10-6-18-7-13(21)19(10)12(8-20)14(11)17(24-4)16(9)23-3/h10,12,18,20H,5-8H2,1-4H3/t10-,12-/m0/s1. The van der Waals surface area contributed by atoms with Crippen molar-refractivity contribution in [3.8, 4) is 17.2 Å². The molecule has 1 aromatic carbocycles. The highest BCUT2D eigenvalue weighted by molar-refractivity contribution is 5.81. The maximum atomic E-state index is 12.4. The van der Waals surface area contributed by atoms with Crippen LogP contribution in [0.4, 0.5) is 0 Å². The van der Waals surface area contributed by atoms with Gasteiger partial charge in [0.05, 0.1) is 40.5 Å². The third kappa shape index (κ3) is 2.31. The van der Waals surface area contributed by atoms with E-state index >= 15 is 0 Å². The van der Waals surface area contributed by atoms with Gasteiger partial charge in [0, 0.05) is 29.3 Å². The topological polar surface area (TPSA) is 80.3 Å². The summed E-state index contributed by atoms with van der Waals surface area (Å²) >= 11 is 0. The zero-order valence-electron chi connectivity index (χ0n) is 14.5. The molecule has 0 aromatic heterocycles. The summed E-state index contributed by atoms with van der Waals surface area (Å²) in [6.07, 6.45) is 0.648. The summed E-state index contributed by atoms with van der Waals surface area (Å²) in [5, 5.41) is 13.2. The number of hydrogen-bond acceptors (Lipinski definition) is 6. The molecule has 2 atom stereocenters. The Bertz CT molecular complexity index is 661. The predicted octanol–water partition coefficient (Wildman–Crippen LogP) is 0.411. The zero-order valence-corrected chi connectivity index (χ0v) is 14.5. The molecule has 0 unspecified atom stereocenters.